The van der Waals surface area contributed by atoms with Crippen LogP contribution in [0.5, 0.6) is 5.75 Å². The van der Waals surface area contributed by atoms with Gasteiger partial charge in [0.25, 0.3) is 0 Å². The Bertz CT molecular complexity index is 1040. The van der Waals surface area contributed by atoms with Crippen LogP contribution in [0.15, 0.2) is 78.9 Å². The van der Waals surface area contributed by atoms with E-state index >= 15 is 0 Å². The average Bonchev–Trinajstić information content (AvgIpc) is 3.27. The van der Waals surface area contributed by atoms with E-state index in [1.165, 1.54) is 16.7 Å². The van der Waals surface area contributed by atoms with Crippen LogP contribution in [0.3, 0.4) is 0 Å². The molecule has 3 aromatic rings. The minimum Gasteiger partial charge on any atom is -0.495 e. The molecule has 0 spiro atoms. The molecule has 1 fully saturated rings. The van der Waals surface area contributed by atoms with Crippen molar-refractivity contribution in [1.29, 1.82) is 0 Å². The van der Waals surface area contributed by atoms with Crippen molar-refractivity contribution >= 4 is 5.69 Å². The zero-order chi connectivity index (χ0) is 25.0. The van der Waals surface area contributed by atoms with Gasteiger partial charge in [-0.2, -0.15) is 0 Å². The van der Waals surface area contributed by atoms with Crippen LogP contribution in [0.1, 0.15) is 49.8 Å². The SMILES string of the molecule is COc1ccc(C(C)(C)C)cc1N(C)C1C(CCO)CNC1C(c1ccccc1)c1ccccc1. The number of rotatable bonds is 8. The maximum atomic E-state index is 9.94. The number of likely N-dealkylation sites (N-methyl/N-ethyl adjacent to an activating group) is 1. The maximum Gasteiger partial charge on any atom is 0.142 e. The molecule has 3 unspecified atom stereocenters. The molecule has 3 aromatic carbocycles. The number of hydrogen-bond acceptors (Lipinski definition) is 4. The molecule has 4 nitrogen and oxygen atoms in total. The van der Waals surface area contributed by atoms with Crippen LogP contribution in [0.25, 0.3) is 0 Å². The molecule has 1 aliphatic heterocycles. The first-order valence-corrected chi connectivity index (χ1v) is 12.7. The van der Waals surface area contributed by atoms with E-state index in [-0.39, 0.29) is 30.0 Å². The van der Waals surface area contributed by atoms with E-state index in [1.807, 2.05) is 0 Å². The molecule has 1 heterocycles. The summed E-state index contributed by atoms with van der Waals surface area (Å²) >= 11 is 0. The smallest absolute Gasteiger partial charge is 0.142 e. The largest absolute Gasteiger partial charge is 0.495 e. The van der Waals surface area contributed by atoms with Gasteiger partial charge in [-0.25, -0.2) is 0 Å². The van der Waals surface area contributed by atoms with Gasteiger partial charge in [0.1, 0.15) is 5.75 Å². The van der Waals surface area contributed by atoms with E-state index in [0.717, 1.165) is 24.4 Å². The van der Waals surface area contributed by atoms with Crippen LogP contribution in [0.2, 0.25) is 0 Å². The second-order valence-electron chi connectivity index (χ2n) is 10.7. The van der Waals surface area contributed by atoms with Crippen molar-refractivity contribution in [3.8, 4) is 5.75 Å². The molecule has 0 saturated carbocycles. The summed E-state index contributed by atoms with van der Waals surface area (Å²) in [5, 5.41) is 13.8. The third kappa shape index (κ3) is 5.39. The Balaban J connectivity index is 1.81. The summed E-state index contributed by atoms with van der Waals surface area (Å²) < 4.78 is 5.84. The number of anilines is 1. The van der Waals surface area contributed by atoms with Crippen molar-refractivity contribution in [2.45, 2.75) is 50.6 Å². The van der Waals surface area contributed by atoms with Gasteiger partial charge in [0.2, 0.25) is 0 Å². The normalized spacial score (nSPS) is 20.3. The van der Waals surface area contributed by atoms with E-state index < -0.39 is 0 Å². The molecule has 35 heavy (non-hydrogen) atoms. The number of aliphatic hydroxyl groups is 1. The fourth-order valence-corrected chi connectivity index (χ4v) is 5.65. The Kier molecular flexibility index (Phi) is 7.83. The fourth-order valence-electron chi connectivity index (χ4n) is 5.65. The summed E-state index contributed by atoms with van der Waals surface area (Å²) in [6.07, 6.45) is 0.760. The van der Waals surface area contributed by atoms with Gasteiger partial charge in [0.15, 0.2) is 0 Å². The lowest BCUT2D eigenvalue weighted by Crippen LogP contribution is -2.48. The number of ether oxygens (including phenoxy) is 1. The highest BCUT2D eigenvalue weighted by molar-refractivity contribution is 5.62. The van der Waals surface area contributed by atoms with Gasteiger partial charge >= 0.3 is 0 Å². The maximum absolute atomic E-state index is 9.94. The molecule has 0 amide bonds. The highest BCUT2D eigenvalue weighted by atomic mass is 16.5. The number of aliphatic hydroxyl groups excluding tert-OH is 1. The Morgan fingerprint density at radius 1 is 0.971 bits per heavy atom. The van der Waals surface area contributed by atoms with Crippen molar-refractivity contribution in [3.63, 3.8) is 0 Å². The number of methoxy groups -OCH3 is 1. The summed E-state index contributed by atoms with van der Waals surface area (Å²) in [6.45, 7) is 7.79. The summed E-state index contributed by atoms with van der Waals surface area (Å²) in [4.78, 5) is 2.40. The number of nitrogens with one attached hydrogen (secondary N) is 1. The lowest BCUT2D eigenvalue weighted by Gasteiger charge is -2.39. The van der Waals surface area contributed by atoms with Crippen LogP contribution in [-0.4, -0.2) is 44.5 Å². The highest BCUT2D eigenvalue weighted by Crippen LogP contribution is 2.41. The van der Waals surface area contributed by atoms with E-state index in [1.54, 1.807) is 7.11 Å². The van der Waals surface area contributed by atoms with Crippen LogP contribution in [0, 0.1) is 5.92 Å². The van der Waals surface area contributed by atoms with Gasteiger partial charge in [-0.05, 0) is 46.6 Å². The highest BCUT2D eigenvalue weighted by Gasteiger charge is 2.43. The molecule has 3 atom stereocenters. The van der Waals surface area contributed by atoms with Crippen LogP contribution < -0.4 is 15.0 Å². The molecule has 0 aliphatic carbocycles. The predicted octanol–water partition coefficient (Wildman–Crippen LogP) is 5.60. The third-order valence-electron chi connectivity index (χ3n) is 7.52. The molecular weight excluding hydrogens is 432 g/mol. The van der Waals surface area contributed by atoms with Crippen molar-refractivity contribution in [1.82, 2.24) is 5.32 Å². The van der Waals surface area contributed by atoms with Crippen molar-refractivity contribution in [2.75, 3.05) is 32.2 Å². The molecular formula is C31H40N2O2. The van der Waals surface area contributed by atoms with Crippen LogP contribution >= 0.6 is 0 Å². The summed E-state index contributed by atoms with van der Waals surface area (Å²) in [5.41, 5.74) is 5.02. The molecule has 186 valence electrons. The van der Waals surface area contributed by atoms with Crippen LogP contribution in [-0.2, 0) is 5.41 Å². The first kappa shape index (κ1) is 25.3. The van der Waals surface area contributed by atoms with E-state index in [0.29, 0.717) is 5.92 Å². The number of nitrogens with zero attached hydrogens (tertiary/aromatic N) is 1. The van der Waals surface area contributed by atoms with E-state index in [4.69, 9.17) is 4.74 Å². The van der Waals surface area contributed by atoms with Crippen molar-refractivity contribution in [3.05, 3.63) is 95.6 Å². The lowest BCUT2D eigenvalue weighted by molar-refractivity contribution is 0.251. The number of benzene rings is 3. The average molecular weight is 473 g/mol. The molecule has 0 radical (unpaired) electrons. The van der Waals surface area contributed by atoms with Gasteiger partial charge in [-0.3, -0.25) is 0 Å². The van der Waals surface area contributed by atoms with E-state index in [2.05, 4.69) is 117 Å². The topological polar surface area (TPSA) is 44.7 Å². The Labute approximate surface area is 211 Å². The van der Waals surface area contributed by atoms with E-state index in [9.17, 15) is 5.11 Å². The van der Waals surface area contributed by atoms with Gasteiger partial charge < -0.3 is 20.1 Å². The monoisotopic (exact) mass is 472 g/mol. The zero-order valence-corrected chi connectivity index (χ0v) is 21.7. The van der Waals surface area contributed by atoms with Gasteiger partial charge in [-0.1, -0.05) is 87.5 Å². The fraction of sp³-hybridized carbons (Fsp3) is 0.419. The Morgan fingerprint density at radius 3 is 2.09 bits per heavy atom. The molecule has 0 aromatic heterocycles. The van der Waals surface area contributed by atoms with Crippen molar-refractivity contribution < 1.29 is 9.84 Å². The summed E-state index contributed by atoms with van der Waals surface area (Å²) in [6, 6.07) is 28.5. The van der Waals surface area contributed by atoms with Gasteiger partial charge in [-0.15, -0.1) is 0 Å². The molecule has 1 saturated heterocycles. The molecule has 0 bridgehead atoms. The van der Waals surface area contributed by atoms with Crippen molar-refractivity contribution in [2.24, 2.45) is 5.92 Å². The molecule has 2 N–H and O–H groups in total. The minimum absolute atomic E-state index is 0.0380. The second-order valence-corrected chi connectivity index (χ2v) is 10.7. The minimum atomic E-state index is 0.0380. The first-order valence-electron chi connectivity index (χ1n) is 12.7. The predicted molar refractivity (Wildman–Crippen MR) is 146 cm³/mol. The summed E-state index contributed by atoms with van der Waals surface area (Å²) in [7, 11) is 3.93. The van der Waals surface area contributed by atoms with Gasteiger partial charge in [0, 0.05) is 38.2 Å². The lowest BCUT2D eigenvalue weighted by atomic mass is 9.79. The third-order valence-corrected chi connectivity index (χ3v) is 7.52. The quantitative estimate of drug-likeness (QED) is 0.448. The summed E-state index contributed by atoms with van der Waals surface area (Å²) in [5.74, 6) is 1.38. The van der Waals surface area contributed by atoms with Gasteiger partial charge in [0.05, 0.1) is 12.8 Å². The van der Waals surface area contributed by atoms with Crippen LogP contribution in [0.4, 0.5) is 5.69 Å². The zero-order valence-electron chi connectivity index (χ0n) is 21.7. The number of hydrogen-bond donors (Lipinski definition) is 2. The Hall–Kier alpha value is -2.82. The second kappa shape index (κ2) is 10.8. The standard InChI is InChI=1S/C31H40N2O2/c1-31(2,3)25-16-17-27(35-5)26(20-25)33(4)30-24(18-19-34)21-32-29(30)28(22-12-8-6-9-13-22)23-14-10-7-11-15-23/h6-17,20,24,28-30,32,34H,18-19,21H2,1-5H3. The molecule has 1 aliphatic rings. The molecule has 4 rings (SSSR count). The Morgan fingerprint density at radius 2 is 1.57 bits per heavy atom. The first-order chi connectivity index (χ1) is 16.8. The molecule has 4 heteroatoms.